The molecule has 0 spiro atoms. The lowest BCUT2D eigenvalue weighted by atomic mass is 9.90. The van der Waals surface area contributed by atoms with Crippen molar-refractivity contribution < 1.29 is 0 Å². The molecule has 0 aliphatic carbocycles. The number of nitrogens with one attached hydrogen (secondary N) is 3. The van der Waals surface area contributed by atoms with Gasteiger partial charge >= 0.3 is 0 Å². The van der Waals surface area contributed by atoms with Crippen LogP contribution in [0.3, 0.4) is 0 Å². The molecule has 5 heterocycles. The lowest BCUT2D eigenvalue weighted by Gasteiger charge is -2.11. The van der Waals surface area contributed by atoms with Crippen LogP contribution in [0.5, 0.6) is 0 Å². The number of aromatic nitrogens is 4. The molecule has 318 valence electrons. The van der Waals surface area contributed by atoms with Crippen molar-refractivity contribution in [2.24, 2.45) is 0 Å². The Bertz CT molecular complexity index is 3750. The molecule has 12 rings (SSSR count). The van der Waals surface area contributed by atoms with Gasteiger partial charge in [-0.05, 0) is 76.1 Å². The Hall–Kier alpha value is -8.73. The summed E-state index contributed by atoms with van der Waals surface area (Å²) >= 11 is 0. The molecule has 0 amide bonds. The fourth-order valence-corrected chi connectivity index (χ4v) is 10.4. The van der Waals surface area contributed by atoms with Gasteiger partial charge in [-0.25, -0.2) is 4.98 Å². The van der Waals surface area contributed by atoms with Crippen molar-refractivity contribution in [2.75, 3.05) is 0 Å². The summed E-state index contributed by atoms with van der Waals surface area (Å²) in [7, 11) is 0. The van der Waals surface area contributed by atoms with Crippen LogP contribution in [0.1, 0.15) is 33.6 Å². The number of nitrogens with zero attached hydrogens (tertiary/aromatic N) is 1. The van der Waals surface area contributed by atoms with Crippen molar-refractivity contribution in [1.29, 1.82) is 0 Å². The SMILES string of the molecule is Cc1c(-c2ccccc2)c2cc3nc(c4[nH]c(cc5[nH]c(c(C)c5-c5ccccc5)c(-c5ccccc5)c1[nH]2)c(-c1ccccc1)c4-c1ccccc1)C(c1ccccc1)=C3c1ccccc1. The summed E-state index contributed by atoms with van der Waals surface area (Å²) in [5.74, 6) is 0. The van der Waals surface area contributed by atoms with Crippen LogP contribution in [0.15, 0.2) is 224 Å². The van der Waals surface area contributed by atoms with Crippen molar-refractivity contribution in [1.82, 2.24) is 19.9 Å². The zero-order valence-corrected chi connectivity index (χ0v) is 37.3. The molecule has 0 saturated carbocycles. The molecule has 0 unspecified atom stereocenters. The molecule has 0 saturated heterocycles. The van der Waals surface area contributed by atoms with Gasteiger partial charge in [-0.1, -0.05) is 212 Å². The van der Waals surface area contributed by atoms with E-state index in [4.69, 9.17) is 4.98 Å². The van der Waals surface area contributed by atoms with E-state index >= 15 is 0 Å². The lowest BCUT2D eigenvalue weighted by Crippen LogP contribution is -1.92. The monoisotopic (exact) mass is 858 g/mol. The van der Waals surface area contributed by atoms with Crippen LogP contribution in [0.25, 0.3) is 99.9 Å². The van der Waals surface area contributed by atoms with E-state index in [2.05, 4.69) is 253 Å². The first-order valence-electron chi connectivity index (χ1n) is 23.0. The van der Waals surface area contributed by atoms with Gasteiger partial charge in [0.05, 0.1) is 27.9 Å². The van der Waals surface area contributed by atoms with E-state index in [9.17, 15) is 0 Å². The summed E-state index contributed by atoms with van der Waals surface area (Å²) in [6, 6.07) is 80.1. The molecular weight excluding hydrogens is 813 g/mol. The normalized spacial score (nSPS) is 12.0. The third kappa shape index (κ3) is 6.90. The van der Waals surface area contributed by atoms with Crippen molar-refractivity contribution in [3.05, 3.63) is 258 Å². The molecular formula is C63H46N4. The average molecular weight is 859 g/mol. The Morgan fingerprint density at radius 2 is 0.597 bits per heavy atom. The summed E-state index contributed by atoms with van der Waals surface area (Å²) < 4.78 is 0. The summed E-state index contributed by atoms with van der Waals surface area (Å²) in [5.41, 5.74) is 25.6. The molecule has 0 atom stereocenters. The number of rotatable bonds is 7. The molecule has 0 fully saturated rings. The molecule has 3 N–H and O–H groups in total. The Labute approximate surface area is 390 Å². The first-order chi connectivity index (χ1) is 33.1. The van der Waals surface area contributed by atoms with E-state index in [-0.39, 0.29) is 0 Å². The second kappa shape index (κ2) is 16.7. The molecule has 67 heavy (non-hydrogen) atoms. The number of aromatic amines is 3. The maximum atomic E-state index is 5.87. The quantitative estimate of drug-likeness (QED) is 0.147. The van der Waals surface area contributed by atoms with Gasteiger partial charge in [0.15, 0.2) is 0 Å². The van der Waals surface area contributed by atoms with E-state index < -0.39 is 0 Å². The molecule has 1 aliphatic rings. The first-order valence-corrected chi connectivity index (χ1v) is 23.0. The predicted octanol–water partition coefficient (Wildman–Crippen LogP) is 16.5. The fraction of sp³-hybridized carbons (Fsp3) is 0.0317. The second-order valence-corrected chi connectivity index (χ2v) is 17.3. The Kier molecular flexibility index (Phi) is 9.92. The smallest absolute Gasteiger partial charge is 0.0963 e. The largest absolute Gasteiger partial charge is 0.354 e. The van der Waals surface area contributed by atoms with E-state index in [0.717, 1.165) is 128 Å². The molecule has 0 radical (unpaired) electrons. The maximum Gasteiger partial charge on any atom is 0.0963 e. The van der Waals surface area contributed by atoms with E-state index in [1.165, 1.54) is 5.56 Å². The van der Waals surface area contributed by atoms with Gasteiger partial charge < -0.3 is 15.0 Å². The number of hydrogen-bond acceptors (Lipinski definition) is 1. The van der Waals surface area contributed by atoms with Crippen molar-refractivity contribution in [3.8, 4) is 55.6 Å². The van der Waals surface area contributed by atoms with Crippen LogP contribution >= 0.6 is 0 Å². The summed E-state index contributed by atoms with van der Waals surface area (Å²) in [6.07, 6.45) is 0. The van der Waals surface area contributed by atoms with Gasteiger partial charge in [0, 0.05) is 55.5 Å². The molecule has 11 aromatic rings. The molecule has 4 aromatic heterocycles. The van der Waals surface area contributed by atoms with Gasteiger partial charge in [0.2, 0.25) is 0 Å². The number of hydrogen-bond donors (Lipinski definition) is 3. The minimum absolute atomic E-state index is 0.880. The highest BCUT2D eigenvalue weighted by Crippen LogP contribution is 2.48. The van der Waals surface area contributed by atoms with Crippen LogP contribution in [-0.4, -0.2) is 19.9 Å². The van der Waals surface area contributed by atoms with Crippen LogP contribution in [0.2, 0.25) is 0 Å². The van der Waals surface area contributed by atoms with Gasteiger partial charge in [-0.3, -0.25) is 0 Å². The second-order valence-electron chi connectivity index (χ2n) is 17.3. The third-order valence-electron chi connectivity index (χ3n) is 13.3. The summed E-state index contributed by atoms with van der Waals surface area (Å²) in [6.45, 7) is 4.53. The van der Waals surface area contributed by atoms with Crippen LogP contribution < -0.4 is 0 Å². The van der Waals surface area contributed by atoms with E-state index in [0.29, 0.717) is 0 Å². The highest BCUT2D eigenvalue weighted by Gasteiger charge is 2.29. The third-order valence-corrected chi connectivity index (χ3v) is 13.3. The Morgan fingerprint density at radius 3 is 1.03 bits per heavy atom. The minimum Gasteiger partial charge on any atom is -0.354 e. The fourth-order valence-electron chi connectivity index (χ4n) is 10.4. The van der Waals surface area contributed by atoms with Gasteiger partial charge in [-0.2, -0.15) is 0 Å². The zero-order valence-electron chi connectivity index (χ0n) is 37.3. The van der Waals surface area contributed by atoms with Gasteiger partial charge in [0.25, 0.3) is 0 Å². The maximum absolute atomic E-state index is 5.87. The Balaban J connectivity index is 1.39. The molecule has 1 aliphatic heterocycles. The van der Waals surface area contributed by atoms with Crippen LogP contribution in [-0.2, 0) is 0 Å². The van der Waals surface area contributed by atoms with Gasteiger partial charge in [-0.15, -0.1) is 0 Å². The first kappa shape index (κ1) is 39.8. The minimum atomic E-state index is 0.880. The molecule has 4 nitrogen and oxygen atoms in total. The number of aryl methyl sites for hydroxylation is 2. The topological polar surface area (TPSA) is 60.3 Å². The predicted molar refractivity (Wildman–Crippen MR) is 281 cm³/mol. The van der Waals surface area contributed by atoms with E-state index in [1.807, 2.05) is 0 Å². The highest BCUT2D eigenvalue weighted by molar-refractivity contribution is 6.14. The van der Waals surface area contributed by atoms with Crippen molar-refractivity contribution in [2.45, 2.75) is 13.8 Å². The molecule has 7 aromatic carbocycles. The standard InChI is InChI=1S/C63H46N4/c1-40-53(42-24-10-3-11-25-42)49-38-51-55(44-28-14-5-15-29-44)57(46-32-18-7-19-33-46)62(66-51)63-58(47-34-20-8-21-35-47)56(45-30-16-6-17-31-45)52(67-63)39-50-54(43-26-12-4-13-27-43)41(2)61(65-50)59(60(40)64-49)48-36-22-9-23-37-48/h3-39,64-66H,1-2H3. The molecule has 8 bridgehead atoms. The van der Waals surface area contributed by atoms with Crippen LogP contribution in [0, 0.1) is 13.8 Å². The lowest BCUT2D eigenvalue weighted by molar-refractivity contribution is 1.30. The Morgan fingerprint density at radius 1 is 0.284 bits per heavy atom. The van der Waals surface area contributed by atoms with E-state index in [1.54, 1.807) is 0 Å². The zero-order chi connectivity index (χ0) is 44.8. The van der Waals surface area contributed by atoms with Crippen LogP contribution in [0.4, 0.5) is 0 Å². The van der Waals surface area contributed by atoms with Gasteiger partial charge in [0.1, 0.15) is 0 Å². The van der Waals surface area contributed by atoms with Crippen molar-refractivity contribution >= 4 is 44.2 Å². The average Bonchev–Trinajstić information content (AvgIpc) is 4.13. The summed E-state index contributed by atoms with van der Waals surface area (Å²) in [4.78, 5) is 18.2. The highest BCUT2D eigenvalue weighted by atomic mass is 14.8. The number of H-pyrrole nitrogens is 3. The van der Waals surface area contributed by atoms with Crippen molar-refractivity contribution in [3.63, 3.8) is 0 Å². The summed E-state index contributed by atoms with van der Waals surface area (Å²) in [5, 5.41) is 0. The molecule has 4 heteroatoms. The number of benzene rings is 7. The number of fused-ring (bicyclic) bond motifs is 9.